The molecule has 0 unspecified atom stereocenters. The van der Waals surface area contributed by atoms with Gasteiger partial charge in [-0.1, -0.05) is 30.3 Å². The van der Waals surface area contributed by atoms with E-state index in [4.69, 9.17) is 0 Å². The largest absolute Gasteiger partial charge is 0.342 e. The Hall–Kier alpha value is -2.15. The highest BCUT2D eigenvalue weighted by atomic mass is 32.2. The van der Waals surface area contributed by atoms with Crippen molar-refractivity contribution in [1.82, 2.24) is 14.5 Å². The molecule has 0 spiro atoms. The number of piperidine rings is 1. The number of rotatable bonds is 4. The number of sulfone groups is 1. The molecule has 6 nitrogen and oxygen atoms in total. The highest BCUT2D eigenvalue weighted by Gasteiger charge is 2.36. The van der Waals surface area contributed by atoms with Crippen LogP contribution in [0.3, 0.4) is 0 Å². The van der Waals surface area contributed by atoms with E-state index in [1.165, 1.54) is 5.56 Å². The molecule has 0 saturated carbocycles. The average molecular weight is 388 g/mol. The van der Waals surface area contributed by atoms with Crippen molar-refractivity contribution in [3.63, 3.8) is 0 Å². The van der Waals surface area contributed by atoms with Crippen LogP contribution >= 0.6 is 0 Å². The zero-order valence-electron chi connectivity index (χ0n) is 15.3. The van der Waals surface area contributed by atoms with Gasteiger partial charge in [0.25, 0.3) is 0 Å². The number of likely N-dealkylation sites (tertiary alicyclic amines) is 1. The Kier molecular flexibility index (Phi) is 5.04. The van der Waals surface area contributed by atoms with Crippen molar-refractivity contribution in [1.29, 1.82) is 0 Å². The van der Waals surface area contributed by atoms with Crippen LogP contribution in [0.1, 0.15) is 36.6 Å². The standard InChI is InChI=1S/C20H25N3O3S/c24-20(18-8-13-27(25,26)15-18)22-10-6-17(7-11-22)19-21-9-12-23(19)14-16-4-2-1-3-5-16/h1-5,9,12,17-18H,6-8,10-11,13-15H2/t18-/m0/s1. The summed E-state index contributed by atoms with van der Waals surface area (Å²) in [4.78, 5) is 19.1. The molecule has 2 aliphatic rings. The molecule has 1 atom stereocenters. The quantitative estimate of drug-likeness (QED) is 0.805. The topological polar surface area (TPSA) is 72.3 Å². The van der Waals surface area contributed by atoms with Crippen LogP contribution in [0.25, 0.3) is 0 Å². The van der Waals surface area contributed by atoms with Crippen LogP contribution in [0.4, 0.5) is 0 Å². The van der Waals surface area contributed by atoms with Gasteiger partial charge in [-0.3, -0.25) is 4.79 Å². The fourth-order valence-electron chi connectivity index (χ4n) is 4.20. The third-order valence-corrected chi connectivity index (χ3v) is 7.46. The first kappa shape index (κ1) is 18.2. The lowest BCUT2D eigenvalue weighted by atomic mass is 9.94. The molecule has 0 aliphatic carbocycles. The van der Waals surface area contributed by atoms with Crippen LogP contribution in [-0.2, 0) is 21.2 Å². The summed E-state index contributed by atoms with van der Waals surface area (Å²) < 4.78 is 25.5. The Balaban J connectivity index is 1.37. The van der Waals surface area contributed by atoms with Crippen molar-refractivity contribution in [2.75, 3.05) is 24.6 Å². The van der Waals surface area contributed by atoms with Gasteiger partial charge in [-0.2, -0.15) is 0 Å². The lowest BCUT2D eigenvalue weighted by Gasteiger charge is -2.33. The van der Waals surface area contributed by atoms with E-state index in [0.717, 1.165) is 25.2 Å². The summed E-state index contributed by atoms with van der Waals surface area (Å²) in [6.07, 6.45) is 6.08. The highest BCUT2D eigenvalue weighted by molar-refractivity contribution is 7.91. The van der Waals surface area contributed by atoms with E-state index in [1.807, 2.05) is 35.5 Å². The van der Waals surface area contributed by atoms with Gasteiger partial charge in [0.1, 0.15) is 5.82 Å². The number of carbonyl (C=O) groups is 1. The van der Waals surface area contributed by atoms with Gasteiger partial charge in [0.15, 0.2) is 9.84 Å². The van der Waals surface area contributed by atoms with Gasteiger partial charge in [0, 0.05) is 37.9 Å². The Morgan fingerprint density at radius 3 is 2.52 bits per heavy atom. The fourth-order valence-corrected chi connectivity index (χ4v) is 5.93. The number of imidazole rings is 1. The smallest absolute Gasteiger partial charge is 0.226 e. The van der Waals surface area contributed by atoms with Crippen molar-refractivity contribution in [2.24, 2.45) is 5.92 Å². The molecule has 0 bridgehead atoms. The SMILES string of the molecule is O=C([C@H]1CCS(=O)(=O)C1)N1CCC(c2nccn2Cc2ccccc2)CC1. The molecule has 2 aliphatic heterocycles. The summed E-state index contributed by atoms with van der Waals surface area (Å²) in [7, 11) is -3.02. The third-order valence-electron chi connectivity index (χ3n) is 5.70. The summed E-state index contributed by atoms with van der Waals surface area (Å²) >= 11 is 0. The molecule has 2 aromatic rings. The fraction of sp³-hybridized carbons (Fsp3) is 0.500. The third kappa shape index (κ3) is 4.08. The maximum atomic E-state index is 12.6. The lowest BCUT2D eigenvalue weighted by Crippen LogP contribution is -2.42. The van der Waals surface area contributed by atoms with Crippen LogP contribution in [0.2, 0.25) is 0 Å². The molecule has 1 amide bonds. The molecule has 2 saturated heterocycles. The Morgan fingerprint density at radius 2 is 1.85 bits per heavy atom. The minimum absolute atomic E-state index is 0.0159. The van der Waals surface area contributed by atoms with Crippen molar-refractivity contribution >= 4 is 15.7 Å². The summed E-state index contributed by atoms with van der Waals surface area (Å²) in [5.41, 5.74) is 1.24. The molecule has 0 radical (unpaired) electrons. The van der Waals surface area contributed by atoms with Crippen molar-refractivity contribution in [3.05, 3.63) is 54.1 Å². The molecule has 2 fully saturated rings. The Labute approximate surface area is 160 Å². The zero-order valence-corrected chi connectivity index (χ0v) is 16.1. The molecular weight excluding hydrogens is 362 g/mol. The Morgan fingerprint density at radius 1 is 1.11 bits per heavy atom. The van der Waals surface area contributed by atoms with Gasteiger partial charge >= 0.3 is 0 Å². The van der Waals surface area contributed by atoms with Gasteiger partial charge in [-0.05, 0) is 24.8 Å². The first-order chi connectivity index (χ1) is 13.0. The first-order valence-electron chi connectivity index (χ1n) is 9.56. The van der Waals surface area contributed by atoms with Crippen LogP contribution < -0.4 is 0 Å². The molecule has 0 N–H and O–H groups in total. The average Bonchev–Trinajstić information content (AvgIpc) is 3.28. The predicted molar refractivity (Wildman–Crippen MR) is 103 cm³/mol. The minimum Gasteiger partial charge on any atom is -0.342 e. The van der Waals surface area contributed by atoms with Crippen molar-refractivity contribution in [3.8, 4) is 0 Å². The number of aromatic nitrogens is 2. The number of amides is 1. The maximum absolute atomic E-state index is 12.6. The van der Waals surface area contributed by atoms with Crippen molar-refractivity contribution in [2.45, 2.75) is 31.7 Å². The molecular formula is C20H25N3O3S. The number of nitrogens with zero attached hydrogens (tertiary/aromatic N) is 3. The summed E-state index contributed by atoms with van der Waals surface area (Å²) in [6, 6.07) is 10.3. The van der Waals surface area contributed by atoms with E-state index in [0.29, 0.717) is 25.4 Å². The second kappa shape index (κ2) is 7.46. The van der Waals surface area contributed by atoms with Crippen LogP contribution in [0.5, 0.6) is 0 Å². The van der Waals surface area contributed by atoms with Crippen LogP contribution in [0.15, 0.2) is 42.7 Å². The number of hydrogen-bond donors (Lipinski definition) is 0. The zero-order chi connectivity index (χ0) is 18.9. The van der Waals surface area contributed by atoms with Crippen LogP contribution in [-0.4, -0.2) is 53.4 Å². The van der Waals surface area contributed by atoms with Crippen molar-refractivity contribution < 1.29 is 13.2 Å². The van der Waals surface area contributed by atoms with Gasteiger partial charge in [0.2, 0.25) is 5.91 Å². The molecule has 144 valence electrons. The number of benzene rings is 1. The maximum Gasteiger partial charge on any atom is 0.226 e. The molecule has 3 heterocycles. The lowest BCUT2D eigenvalue weighted by molar-refractivity contribution is -0.135. The van der Waals surface area contributed by atoms with Crippen LogP contribution in [0, 0.1) is 5.92 Å². The molecule has 7 heteroatoms. The minimum atomic E-state index is -3.02. The molecule has 4 rings (SSSR count). The van der Waals surface area contributed by atoms with E-state index in [1.54, 1.807) is 0 Å². The summed E-state index contributed by atoms with van der Waals surface area (Å²) in [6.45, 7) is 2.16. The normalized spacial score (nSPS) is 22.8. The summed E-state index contributed by atoms with van der Waals surface area (Å²) in [5.74, 6) is 1.26. The van der Waals surface area contributed by atoms with E-state index >= 15 is 0 Å². The number of carbonyl (C=O) groups excluding carboxylic acids is 1. The monoisotopic (exact) mass is 387 g/mol. The van der Waals surface area contributed by atoms with Gasteiger partial charge in [0.05, 0.1) is 17.4 Å². The predicted octanol–water partition coefficient (Wildman–Crippen LogP) is 2.07. The van der Waals surface area contributed by atoms with E-state index in [-0.39, 0.29) is 23.3 Å². The van der Waals surface area contributed by atoms with E-state index in [9.17, 15) is 13.2 Å². The molecule has 27 heavy (non-hydrogen) atoms. The molecule has 1 aromatic carbocycles. The molecule has 1 aromatic heterocycles. The van der Waals surface area contributed by atoms with E-state index < -0.39 is 9.84 Å². The first-order valence-corrected chi connectivity index (χ1v) is 11.4. The second-order valence-corrected chi connectivity index (χ2v) is 9.83. The van der Waals surface area contributed by atoms with Gasteiger partial charge in [-0.15, -0.1) is 0 Å². The van der Waals surface area contributed by atoms with Gasteiger partial charge in [-0.25, -0.2) is 13.4 Å². The van der Waals surface area contributed by atoms with Gasteiger partial charge < -0.3 is 9.47 Å². The summed E-state index contributed by atoms with van der Waals surface area (Å²) in [5, 5.41) is 0. The number of hydrogen-bond acceptors (Lipinski definition) is 4. The Bertz CT molecular complexity index is 900. The van der Waals surface area contributed by atoms with E-state index in [2.05, 4.69) is 21.7 Å². The second-order valence-electron chi connectivity index (χ2n) is 7.60. The highest BCUT2D eigenvalue weighted by Crippen LogP contribution is 2.29.